The Morgan fingerprint density at radius 1 is 1.18 bits per heavy atom. The van der Waals surface area contributed by atoms with Crippen LogP contribution in [0.5, 0.6) is 0 Å². The molecule has 0 aliphatic heterocycles. The van der Waals surface area contributed by atoms with Gasteiger partial charge in [0.05, 0.1) is 11.4 Å². The van der Waals surface area contributed by atoms with E-state index in [9.17, 15) is 8.42 Å². The van der Waals surface area contributed by atoms with Gasteiger partial charge in [-0.1, -0.05) is 17.7 Å². The van der Waals surface area contributed by atoms with E-state index >= 15 is 0 Å². The van der Waals surface area contributed by atoms with Crippen LogP contribution < -0.4 is 4.31 Å². The van der Waals surface area contributed by atoms with Crippen LogP contribution in [-0.2, 0) is 10.0 Å². The first-order valence-corrected chi connectivity index (χ1v) is 7.71. The maximum Gasteiger partial charge on any atom is 0.234 e. The van der Waals surface area contributed by atoms with Crippen LogP contribution in [0.2, 0.25) is 0 Å². The van der Waals surface area contributed by atoms with Gasteiger partial charge in [0.2, 0.25) is 10.0 Å². The lowest BCUT2D eigenvalue weighted by molar-refractivity contribution is 0.591. The summed E-state index contributed by atoms with van der Waals surface area (Å²) in [5, 5.41) is 0. The van der Waals surface area contributed by atoms with Crippen LogP contribution in [0.15, 0.2) is 24.3 Å². The standard InChI is InChI=1S/C12H18ClNO2S/c1-11-5-7-12(8-6-11)14(2)17(15,16)10-4-3-9-13/h5-8H,3-4,9-10H2,1-2H3. The number of alkyl halides is 1. The molecule has 1 aromatic rings. The number of sulfonamides is 1. The van der Waals surface area contributed by atoms with Crippen molar-refractivity contribution in [1.82, 2.24) is 0 Å². The van der Waals surface area contributed by atoms with Crippen molar-refractivity contribution in [2.75, 3.05) is 23.0 Å². The van der Waals surface area contributed by atoms with E-state index in [0.29, 0.717) is 18.0 Å². The molecule has 0 bridgehead atoms. The maximum absolute atomic E-state index is 12.0. The molecule has 0 aliphatic carbocycles. The number of aryl methyl sites for hydroxylation is 1. The van der Waals surface area contributed by atoms with E-state index in [2.05, 4.69) is 0 Å². The zero-order valence-electron chi connectivity index (χ0n) is 10.2. The van der Waals surface area contributed by atoms with Crippen molar-refractivity contribution in [2.24, 2.45) is 0 Å². The predicted molar refractivity (Wildman–Crippen MR) is 73.3 cm³/mol. The number of benzene rings is 1. The second-order valence-electron chi connectivity index (χ2n) is 4.02. The lowest BCUT2D eigenvalue weighted by atomic mass is 10.2. The maximum atomic E-state index is 12.0. The Balaban J connectivity index is 2.74. The van der Waals surface area contributed by atoms with Crippen LogP contribution >= 0.6 is 11.6 Å². The normalized spacial score (nSPS) is 11.5. The first-order chi connectivity index (χ1) is 7.97. The molecule has 0 heterocycles. The van der Waals surface area contributed by atoms with Crippen LogP contribution in [0.3, 0.4) is 0 Å². The van der Waals surface area contributed by atoms with E-state index in [1.54, 1.807) is 7.05 Å². The molecule has 0 saturated carbocycles. The van der Waals surface area contributed by atoms with Crippen molar-refractivity contribution in [3.8, 4) is 0 Å². The highest BCUT2D eigenvalue weighted by molar-refractivity contribution is 7.92. The fourth-order valence-electron chi connectivity index (χ4n) is 1.43. The van der Waals surface area contributed by atoms with Gasteiger partial charge in [-0.25, -0.2) is 8.42 Å². The predicted octanol–water partition coefficient (Wildman–Crippen LogP) is 2.78. The number of nitrogens with zero attached hydrogens (tertiary/aromatic N) is 1. The molecule has 3 nitrogen and oxygen atoms in total. The highest BCUT2D eigenvalue weighted by Crippen LogP contribution is 2.17. The van der Waals surface area contributed by atoms with Gasteiger partial charge in [0, 0.05) is 12.9 Å². The van der Waals surface area contributed by atoms with E-state index in [1.165, 1.54) is 4.31 Å². The lowest BCUT2D eigenvalue weighted by Gasteiger charge is -2.19. The lowest BCUT2D eigenvalue weighted by Crippen LogP contribution is -2.29. The fraction of sp³-hybridized carbons (Fsp3) is 0.500. The Morgan fingerprint density at radius 2 is 1.76 bits per heavy atom. The molecule has 0 N–H and O–H groups in total. The van der Waals surface area contributed by atoms with Gasteiger partial charge < -0.3 is 0 Å². The molecule has 5 heteroatoms. The largest absolute Gasteiger partial charge is 0.273 e. The number of hydrogen-bond acceptors (Lipinski definition) is 2. The van der Waals surface area contributed by atoms with Gasteiger partial charge in [-0.3, -0.25) is 4.31 Å². The Kier molecular flexibility index (Phi) is 5.28. The van der Waals surface area contributed by atoms with Crippen molar-refractivity contribution in [1.29, 1.82) is 0 Å². The third-order valence-electron chi connectivity index (χ3n) is 2.60. The number of anilines is 1. The average Bonchev–Trinajstić information content (AvgIpc) is 2.29. The molecule has 0 unspecified atom stereocenters. The van der Waals surface area contributed by atoms with Crippen LogP contribution in [0.4, 0.5) is 5.69 Å². The third kappa shape index (κ3) is 4.21. The summed E-state index contributed by atoms with van der Waals surface area (Å²) >= 11 is 5.54. The molecule has 0 radical (unpaired) electrons. The molecule has 0 saturated heterocycles. The highest BCUT2D eigenvalue weighted by atomic mass is 35.5. The quantitative estimate of drug-likeness (QED) is 0.591. The minimum absolute atomic E-state index is 0.143. The first kappa shape index (κ1) is 14.3. The van der Waals surface area contributed by atoms with Crippen LogP contribution in [-0.4, -0.2) is 27.1 Å². The van der Waals surface area contributed by atoms with E-state index in [-0.39, 0.29) is 5.75 Å². The molecule has 0 aromatic heterocycles. The summed E-state index contributed by atoms with van der Waals surface area (Å²) in [4.78, 5) is 0. The molecule has 0 amide bonds. The van der Waals surface area contributed by atoms with Gasteiger partial charge in [-0.05, 0) is 31.9 Å². The van der Waals surface area contributed by atoms with Gasteiger partial charge >= 0.3 is 0 Å². The Hall–Kier alpha value is -0.740. The molecular formula is C12H18ClNO2S. The van der Waals surface area contributed by atoms with E-state index in [4.69, 9.17) is 11.6 Å². The van der Waals surface area contributed by atoms with Crippen LogP contribution in [0.25, 0.3) is 0 Å². The third-order valence-corrected chi connectivity index (χ3v) is 4.72. The van der Waals surface area contributed by atoms with Gasteiger partial charge in [0.15, 0.2) is 0 Å². The second-order valence-corrected chi connectivity index (χ2v) is 6.51. The monoisotopic (exact) mass is 275 g/mol. The van der Waals surface area contributed by atoms with Gasteiger partial charge in [-0.2, -0.15) is 0 Å². The second kappa shape index (κ2) is 6.26. The zero-order chi connectivity index (χ0) is 12.9. The fourth-order valence-corrected chi connectivity index (χ4v) is 2.91. The summed E-state index contributed by atoms with van der Waals surface area (Å²) in [6, 6.07) is 7.43. The topological polar surface area (TPSA) is 37.4 Å². The number of rotatable bonds is 6. The Bertz CT molecular complexity index is 442. The summed E-state index contributed by atoms with van der Waals surface area (Å²) < 4.78 is 25.3. The summed E-state index contributed by atoms with van der Waals surface area (Å²) in [5.74, 6) is 0.647. The minimum atomic E-state index is -3.22. The van der Waals surface area contributed by atoms with Crippen molar-refractivity contribution in [2.45, 2.75) is 19.8 Å². The molecular weight excluding hydrogens is 258 g/mol. The summed E-state index contributed by atoms with van der Waals surface area (Å²) in [6.07, 6.45) is 1.32. The van der Waals surface area contributed by atoms with Gasteiger partial charge in [-0.15, -0.1) is 11.6 Å². The zero-order valence-corrected chi connectivity index (χ0v) is 11.8. The van der Waals surface area contributed by atoms with Crippen LogP contribution in [0.1, 0.15) is 18.4 Å². The number of halogens is 1. The van der Waals surface area contributed by atoms with E-state index < -0.39 is 10.0 Å². The molecule has 96 valence electrons. The summed E-state index contributed by atoms with van der Waals surface area (Å²) in [6.45, 7) is 1.97. The van der Waals surface area contributed by atoms with Crippen LogP contribution in [0, 0.1) is 6.92 Å². The Morgan fingerprint density at radius 3 is 2.29 bits per heavy atom. The highest BCUT2D eigenvalue weighted by Gasteiger charge is 2.17. The summed E-state index contributed by atoms with van der Waals surface area (Å²) in [5.41, 5.74) is 1.81. The van der Waals surface area contributed by atoms with E-state index in [0.717, 1.165) is 12.0 Å². The molecule has 17 heavy (non-hydrogen) atoms. The van der Waals surface area contributed by atoms with Gasteiger partial charge in [0.1, 0.15) is 0 Å². The molecule has 0 atom stereocenters. The van der Waals surface area contributed by atoms with E-state index in [1.807, 2.05) is 31.2 Å². The Labute approximate surface area is 108 Å². The average molecular weight is 276 g/mol. The van der Waals surface area contributed by atoms with Crippen molar-refractivity contribution in [3.05, 3.63) is 29.8 Å². The van der Waals surface area contributed by atoms with Gasteiger partial charge in [0.25, 0.3) is 0 Å². The van der Waals surface area contributed by atoms with Crippen molar-refractivity contribution < 1.29 is 8.42 Å². The number of unbranched alkanes of at least 4 members (excludes halogenated alkanes) is 1. The first-order valence-electron chi connectivity index (χ1n) is 5.56. The minimum Gasteiger partial charge on any atom is -0.273 e. The molecule has 0 fully saturated rings. The molecule has 0 aliphatic rings. The smallest absolute Gasteiger partial charge is 0.234 e. The molecule has 0 spiro atoms. The SMILES string of the molecule is Cc1ccc(N(C)S(=O)(=O)CCCCCl)cc1. The molecule has 1 rings (SSSR count). The summed E-state index contributed by atoms with van der Waals surface area (Å²) in [7, 11) is -1.64. The molecule has 1 aromatic carbocycles. The van der Waals surface area contributed by atoms with Crippen molar-refractivity contribution >= 4 is 27.3 Å². The van der Waals surface area contributed by atoms with Crippen molar-refractivity contribution in [3.63, 3.8) is 0 Å². The number of hydrogen-bond donors (Lipinski definition) is 0.